The molecule has 3 aromatic rings. The van der Waals surface area contributed by atoms with Gasteiger partial charge < -0.3 is 5.11 Å². The molecule has 2 aromatic heterocycles. The van der Waals surface area contributed by atoms with Crippen molar-refractivity contribution in [3.63, 3.8) is 0 Å². The first-order valence-corrected chi connectivity index (χ1v) is 11.9. The van der Waals surface area contributed by atoms with Crippen LogP contribution >= 0.6 is 11.3 Å². The van der Waals surface area contributed by atoms with Gasteiger partial charge in [0, 0.05) is 12.8 Å². The Balaban J connectivity index is 1.08. The zero-order chi connectivity index (χ0) is 21.9. The predicted molar refractivity (Wildman–Crippen MR) is 123 cm³/mol. The van der Waals surface area contributed by atoms with Gasteiger partial charge in [-0.1, -0.05) is 53.3 Å². The Hall–Kier alpha value is -2.97. The Labute approximate surface area is 190 Å². The molecule has 1 saturated carbocycles. The van der Waals surface area contributed by atoms with Gasteiger partial charge in [0.05, 0.1) is 11.4 Å². The van der Waals surface area contributed by atoms with E-state index in [-0.39, 0.29) is 0 Å². The summed E-state index contributed by atoms with van der Waals surface area (Å²) in [5.41, 5.74) is 5.48. The Kier molecular flexibility index (Phi) is 6.05. The Morgan fingerprint density at radius 3 is 2.72 bits per heavy atom. The molecule has 2 aliphatic rings. The number of aryl methyl sites for hydroxylation is 2. The minimum Gasteiger partial charge on any atom is -0.378 e. The van der Waals surface area contributed by atoms with Crippen LogP contribution in [0.1, 0.15) is 59.3 Å². The lowest BCUT2D eigenvalue weighted by atomic mass is 10.1. The second-order valence-electron chi connectivity index (χ2n) is 8.42. The molecule has 164 valence electrons. The molecule has 0 aliphatic heterocycles. The highest BCUT2D eigenvalue weighted by Crippen LogP contribution is 2.41. The van der Waals surface area contributed by atoms with E-state index in [2.05, 4.69) is 37.9 Å². The summed E-state index contributed by atoms with van der Waals surface area (Å²) in [5, 5.41) is 31.1. The first-order chi connectivity index (χ1) is 15.7. The number of hydrogen-bond donors (Lipinski definition) is 2. The number of nitrogens with zero attached hydrogens (tertiary/aromatic N) is 4. The Bertz CT molecular complexity index is 1140. The highest BCUT2D eigenvalue weighted by atomic mass is 32.1. The normalized spacial score (nSPS) is 15.8. The number of aliphatic hydroxyl groups excluding tert-OH is 1. The highest BCUT2D eigenvalue weighted by molar-refractivity contribution is 7.15. The van der Waals surface area contributed by atoms with Crippen LogP contribution in [-0.2, 0) is 24.1 Å². The van der Waals surface area contributed by atoms with Gasteiger partial charge in [0.15, 0.2) is 6.10 Å². The van der Waals surface area contributed by atoms with Crippen molar-refractivity contribution < 1.29 is 9.90 Å². The molecule has 0 bridgehead atoms. The number of rotatable bonds is 9. The molecule has 8 heteroatoms. The molecule has 0 radical (unpaired) electrons. The lowest BCUT2D eigenvalue weighted by molar-refractivity contribution is -0.124. The van der Waals surface area contributed by atoms with E-state index < -0.39 is 12.0 Å². The maximum absolute atomic E-state index is 12.2. The summed E-state index contributed by atoms with van der Waals surface area (Å²) in [6.45, 7) is 0. The molecule has 0 saturated heterocycles. The van der Waals surface area contributed by atoms with Gasteiger partial charge in [-0.3, -0.25) is 10.1 Å². The Morgan fingerprint density at radius 1 is 1.09 bits per heavy atom. The molecule has 1 amide bonds. The quantitative estimate of drug-likeness (QED) is 0.482. The van der Waals surface area contributed by atoms with Gasteiger partial charge in [0.2, 0.25) is 5.13 Å². The lowest BCUT2D eigenvalue weighted by Crippen LogP contribution is -2.20. The van der Waals surface area contributed by atoms with E-state index >= 15 is 0 Å². The number of carbonyl (C=O) groups is 1. The summed E-state index contributed by atoms with van der Waals surface area (Å²) < 4.78 is 0. The van der Waals surface area contributed by atoms with Crippen LogP contribution in [0.2, 0.25) is 0 Å². The number of carbonyl (C=O) groups excluding carboxylic acids is 1. The molecule has 7 nitrogen and oxygen atoms in total. The number of aromatic nitrogens is 4. The standard InChI is InChI=1S/C24H25N5O2S/c30-22(16-6-2-1-3-7-16)23(31)25-24-29-28-21(32-24)9-5-4-8-19-13-18-12-17(15-10-11-15)14-20(18)27-26-19/h1-3,6-7,12-13,15,22,30H,4-5,8-11,14H2,(H,25,29,31)/t22-/m0/s1. The predicted octanol–water partition coefficient (Wildman–Crippen LogP) is 3.92. The van der Waals surface area contributed by atoms with E-state index in [0.29, 0.717) is 10.7 Å². The van der Waals surface area contributed by atoms with Crippen molar-refractivity contribution in [2.24, 2.45) is 5.92 Å². The molecule has 2 aliphatic carbocycles. The highest BCUT2D eigenvalue weighted by Gasteiger charge is 2.29. The molecular formula is C24H25N5O2S. The number of hydrogen-bond acceptors (Lipinski definition) is 7. The third-order valence-corrected chi connectivity index (χ3v) is 6.80. The van der Waals surface area contributed by atoms with Gasteiger partial charge in [-0.2, -0.15) is 10.2 Å². The number of anilines is 1. The number of amides is 1. The van der Waals surface area contributed by atoms with Crippen LogP contribution in [0.5, 0.6) is 0 Å². The number of unbranched alkanes of at least 4 members (excludes halogenated alkanes) is 1. The fourth-order valence-electron chi connectivity index (χ4n) is 3.97. The van der Waals surface area contributed by atoms with Crippen molar-refractivity contribution in [1.82, 2.24) is 20.4 Å². The molecule has 32 heavy (non-hydrogen) atoms. The molecule has 5 rings (SSSR count). The van der Waals surface area contributed by atoms with E-state index in [9.17, 15) is 9.90 Å². The molecule has 1 atom stereocenters. The molecular weight excluding hydrogens is 422 g/mol. The van der Waals surface area contributed by atoms with Gasteiger partial charge in [-0.05, 0) is 55.2 Å². The minimum atomic E-state index is -1.23. The van der Waals surface area contributed by atoms with Crippen LogP contribution in [0, 0.1) is 5.92 Å². The molecule has 2 heterocycles. The summed E-state index contributed by atoms with van der Waals surface area (Å²) >= 11 is 1.34. The van der Waals surface area contributed by atoms with Crippen molar-refractivity contribution in [2.45, 2.75) is 51.0 Å². The van der Waals surface area contributed by atoms with Crippen LogP contribution in [-0.4, -0.2) is 31.4 Å². The van der Waals surface area contributed by atoms with Crippen LogP contribution in [0.15, 0.2) is 42.0 Å². The van der Waals surface area contributed by atoms with Crippen LogP contribution < -0.4 is 5.32 Å². The number of benzene rings is 1. The number of fused-ring (bicyclic) bond motifs is 1. The van der Waals surface area contributed by atoms with Gasteiger partial charge in [-0.25, -0.2) is 0 Å². The molecule has 2 N–H and O–H groups in total. The first-order valence-electron chi connectivity index (χ1n) is 11.1. The van der Waals surface area contributed by atoms with Gasteiger partial charge in [0.1, 0.15) is 5.01 Å². The zero-order valence-electron chi connectivity index (χ0n) is 17.7. The Morgan fingerprint density at radius 2 is 1.91 bits per heavy atom. The topological polar surface area (TPSA) is 101 Å². The number of nitrogens with one attached hydrogen (secondary N) is 1. The molecule has 1 fully saturated rings. The maximum Gasteiger partial charge on any atom is 0.259 e. The van der Waals surface area contributed by atoms with Crippen molar-refractivity contribution in [3.8, 4) is 0 Å². The van der Waals surface area contributed by atoms with Crippen LogP contribution in [0.3, 0.4) is 0 Å². The lowest BCUT2D eigenvalue weighted by Gasteiger charge is -2.09. The van der Waals surface area contributed by atoms with E-state index in [4.69, 9.17) is 0 Å². The van der Waals surface area contributed by atoms with E-state index in [1.165, 1.54) is 35.3 Å². The van der Waals surface area contributed by atoms with Crippen molar-refractivity contribution in [2.75, 3.05) is 5.32 Å². The molecule has 0 spiro atoms. The monoisotopic (exact) mass is 447 g/mol. The van der Waals surface area contributed by atoms with Crippen molar-refractivity contribution in [3.05, 3.63) is 69.5 Å². The smallest absolute Gasteiger partial charge is 0.259 e. The fraction of sp³-hybridized carbons (Fsp3) is 0.375. The van der Waals surface area contributed by atoms with Crippen molar-refractivity contribution in [1.29, 1.82) is 0 Å². The van der Waals surface area contributed by atoms with Crippen molar-refractivity contribution >= 4 is 28.5 Å². The average Bonchev–Trinajstić information content (AvgIpc) is 3.43. The number of allylic oxidation sites excluding steroid dienone is 1. The number of aliphatic hydroxyl groups is 1. The van der Waals surface area contributed by atoms with E-state index in [1.54, 1.807) is 24.3 Å². The SMILES string of the molecule is O=C(Nc1nnc(CCCCc2cc3c(nn2)CC(C2CC2)=C3)s1)[C@@H](O)c1ccccc1. The minimum absolute atomic E-state index is 0.405. The summed E-state index contributed by atoms with van der Waals surface area (Å²) in [6, 6.07) is 11.0. The molecule has 0 unspecified atom stereocenters. The second kappa shape index (κ2) is 9.26. The fourth-order valence-corrected chi connectivity index (χ4v) is 4.75. The molecule has 1 aromatic carbocycles. The maximum atomic E-state index is 12.2. The largest absolute Gasteiger partial charge is 0.378 e. The third-order valence-electron chi connectivity index (χ3n) is 5.90. The van der Waals surface area contributed by atoms with Crippen LogP contribution in [0.4, 0.5) is 5.13 Å². The van der Waals surface area contributed by atoms with Gasteiger partial charge >= 0.3 is 0 Å². The summed E-state index contributed by atoms with van der Waals surface area (Å²) in [7, 11) is 0. The van der Waals surface area contributed by atoms with Gasteiger partial charge in [0.25, 0.3) is 5.91 Å². The summed E-state index contributed by atoms with van der Waals surface area (Å²) in [4.78, 5) is 12.2. The van der Waals surface area contributed by atoms with Crippen LogP contribution in [0.25, 0.3) is 6.08 Å². The van der Waals surface area contributed by atoms with E-state index in [0.717, 1.165) is 54.4 Å². The zero-order valence-corrected chi connectivity index (χ0v) is 18.5. The average molecular weight is 448 g/mol. The van der Waals surface area contributed by atoms with E-state index in [1.807, 2.05) is 6.07 Å². The third kappa shape index (κ3) is 4.92. The van der Waals surface area contributed by atoms with Gasteiger partial charge in [-0.15, -0.1) is 10.2 Å². The summed E-state index contributed by atoms with van der Waals surface area (Å²) in [6.07, 6.45) is 8.33. The first kappa shape index (κ1) is 20.9. The summed E-state index contributed by atoms with van der Waals surface area (Å²) in [5.74, 6) is 0.281. The second-order valence-corrected chi connectivity index (χ2v) is 9.48.